The van der Waals surface area contributed by atoms with Crippen LogP contribution < -0.4 is 11.1 Å². The molecule has 0 saturated carbocycles. The fourth-order valence-electron chi connectivity index (χ4n) is 6.19. The van der Waals surface area contributed by atoms with Crippen LogP contribution in [0.25, 0.3) is 44.2 Å². The van der Waals surface area contributed by atoms with Gasteiger partial charge in [-0.15, -0.1) is 0 Å². The molecule has 4 aromatic heterocycles. The monoisotopic (exact) mass is 542 g/mol. The van der Waals surface area contributed by atoms with Crippen LogP contribution in [0, 0.1) is 0 Å². The van der Waals surface area contributed by atoms with Crippen molar-refractivity contribution < 1.29 is 0 Å². The van der Waals surface area contributed by atoms with E-state index in [-0.39, 0.29) is 5.92 Å². The molecule has 1 unspecified atom stereocenters. The molecule has 1 atom stereocenters. The van der Waals surface area contributed by atoms with Crippen LogP contribution in [0.15, 0.2) is 67.1 Å². The maximum atomic E-state index is 6.64. The van der Waals surface area contributed by atoms with Gasteiger partial charge in [0.2, 0.25) is 0 Å². The Balaban J connectivity index is 1.39. The van der Waals surface area contributed by atoms with Gasteiger partial charge < -0.3 is 16.0 Å². The number of nitrogens with zero attached hydrogens (tertiary/aromatic N) is 5. The van der Waals surface area contributed by atoms with E-state index in [0.29, 0.717) is 18.3 Å². The molecule has 8 heteroatoms. The second kappa shape index (κ2) is 10.1. The summed E-state index contributed by atoms with van der Waals surface area (Å²) in [5.41, 5.74) is 14.9. The molecular weight excluding hydrogens is 508 g/mol. The average molecular weight is 543 g/mol. The fraction of sp³-hybridized carbons (Fsp3) is 0.273. The summed E-state index contributed by atoms with van der Waals surface area (Å²) < 4.78 is 2.26. The highest BCUT2D eigenvalue weighted by atomic mass is 15.1. The number of aromatic nitrogens is 6. The number of allylic oxidation sites excluding steroid dienone is 1. The minimum atomic E-state index is 0.208. The summed E-state index contributed by atoms with van der Waals surface area (Å²) >= 11 is 0. The predicted molar refractivity (Wildman–Crippen MR) is 166 cm³/mol. The third kappa shape index (κ3) is 4.35. The van der Waals surface area contributed by atoms with Gasteiger partial charge in [-0.3, -0.25) is 9.38 Å². The van der Waals surface area contributed by atoms with E-state index in [1.807, 2.05) is 25.5 Å². The first kappa shape index (κ1) is 25.4. The van der Waals surface area contributed by atoms with Crippen molar-refractivity contribution in [2.24, 2.45) is 0 Å². The highest BCUT2D eigenvalue weighted by molar-refractivity contribution is 6.02. The van der Waals surface area contributed by atoms with Crippen molar-refractivity contribution in [2.45, 2.75) is 51.5 Å². The number of anilines is 1. The minimum Gasteiger partial charge on any atom is -0.382 e. The maximum absolute atomic E-state index is 6.64. The van der Waals surface area contributed by atoms with Crippen molar-refractivity contribution in [2.75, 3.05) is 12.8 Å². The lowest BCUT2D eigenvalue weighted by molar-refractivity contribution is 0.522. The smallest absolute Gasteiger partial charge is 0.150 e. The van der Waals surface area contributed by atoms with Crippen LogP contribution in [0.3, 0.4) is 0 Å². The van der Waals surface area contributed by atoms with Crippen LogP contribution in [0.5, 0.6) is 0 Å². The number of nitrogens with one attached hydrogen (secondary N) is 2. The highest BCUT2D eigenvalue weighted by Gasteiger charge is 2.25. The van der Waals surface area contributed by atoms with Crippen molar-refractivity contribution in [3.05, 3.63) is 90.0 Å². The van der Waals surface area contributed by atoms with E-state index in [1.54, 1.807) is 6.20 Å². The van der Waals surface area contributed by atoms with E-state index >= 15 is 0 Å². The average Bonchev–Trinajstić information content (AvgIpc) is 3.60. The molecule has 4 N–H and O–H groups in total. The Morgan fingerprint density at radius 1 is 1.07 bits per heavy atom. The molecule has 0 fully saturated rings. The van der Waals surface area contributed by atoms with Crippen molar-refractivity contribution in [1.29, 1.82) is 0 Å². The number of pyridine rings is 1. The zero-order valence-corrected chi connectivity index (χ0v) is 23.6. The quantitative estimate of drug-likeness (QED) is 0.229. The van der Waals surface area contributed by atoms with E-state index in [4.69, 9.17) is 20.7 Å². The van der Waals surface area contributed by atoms with Gasteiger partial charge in [-0.25, -0.2) is 15.0 Å². The summed E-state index contributed by atoms with van der Waals surface area (Å²) in [5.74, 6) is 2.62. The summed E-state index contributed by atoms with van der Waals surface area (Å²) in [7, 11) is 2.04. The lowest BCUT2D eigenvalue weighted by atomic mass is 9.93. The zero-order valence-electron chi connectivity index (χ0n) is 23.6. The Morgan fingerprint density at radius 3 is 2.68 bits per heavy atom. The molecule has 0 bridgehead atoms. The van der Waals surface area contributed by atoms with E-state index in [2.05, 4.69) is 76.0 Å². The maximum Gasteiger partial charge on any atom is 0.150 e. The van der Waals surface area contributed by atoms with E-state index in [1.165, 1.54) is 16.5 Å². The molecule has 41 heavy (non-hydrogen) atoms. The van der Waals surface area contributed by atoms with Crippen LogP contribution in [-0.2, 0) is 6.42 Å². The molecule has 2 aromatic carbocycles. The normalized spacial score (nSPS) is 15.8. The van der Waals surface area contributed by atoms with Crippen LogP contribution in [0.2, 0.25) is 0 Å². The molecule has 4 heterocycles. The Morgan fingerprint density at radius 2 is 1.93 bits per heavy atom. The standard InChI is InChI=1S/C33H34N8/c1-19(2)33-40-30(31-32(34)37-18-28(41(31)33)20-8-11-22(35-3)12-9-20)25-13-10-21(23-6-4-5-7-24(23)25)16-29-38-26-14-15-36-17-27(26)39-29/h4-8,10,13-15,17-19,22,35H,9,11-12,16H2,1-3H3,(H2,34,37)(H,38,39). The first-order valence-electron chi connectivity index (χ1n) is 14.3. The summed E-state index contributed by atoms with van der Waals surface area (Å²) in [6, 6.07) is 15.3. The number of benzene rings is 2. The molecular formula is C33H34N8. The number of fused-ring (bicyclic) bond motifs is 3. The van der Waals surface area contributed by atoms with Gasteiger partial charge in [0.15, 0.2) is 0 Å². The first-order valence-corrected chi connectivity index (χ1v) is 14.3. The number of hydrogen-bond acceptors (Lipinski definition) is 6. The second-order valence-corrected chi connectivity index (χ2v) is 11.2. The van der Waals surface area contributed by atoms with Crippen LogP contribution in [0.1, 0.15) is 61.9 Å². The van der Waals surface area contributed by atoms with Gasteiger partial charge in [-0.1, -0.05) is 56.3 Å². The molecule has 8 nitrogen and oxygen atoms in total. The summed E-state index contributed by atoms with van der Waals surface area (Å²) in [6.45, 7) is 4.38. The molecule has 7 rings (SSSR count). The summed E-state index contributed by atoms with van der Waals surface area (Å²) in [4.78, 5) is 22.4. The fourth-order valence-corrected chi connectivity index (χ4v) is 6.19. The largest absolute Gasteiger partial charge is 0.382 e. The minimum absolute atomic E-state index is 0.208. The molecule has 0 radical (unpaired) electrons. The number of imidazole rings is 2. The van der Waals surface area contributed by atoms with Gasteiger partial charge in [0, 0.05) is 30.1 Å². The third-order valence-corrected chi connectivity index (χ3v) is 8.34. The molecule has 0 spiro atoms. The highest BCUT2D eigenvalue weighted by Crippen LogP contribution is 2.39. The van der Waals surface area contributed by atoms with Gasteiger partial charge >= 0.3 is 0 Å². The Labute approximate surface area is 238 Å². The van der Waals surface area contributed by atoms with Crippen molar-refractivity contribution in [3.8, 4) is 11.3 Å². The first-order chi connectivity index (χ1) is 20.0. The van der Waals surface area contributed by atoms with Crippen molar-refractivity contribution >= 4 is 38.7 Å². The molecule has 0 saturated heterocycles. The molecule has 206 valence electrons. The molecule has 1 aliphatic rings. The Hall–Kier alpha value is -4.56. The summed E-state index contributed by atoms with van der Waals surface area (Å²) in [5, 5.41) is 5.72. The lowest BCUT2D eigenvalue weighted by Gasteiger charge is -2.22. The van der Waals surface area contributed by atoms with Gasteiger partial charge in [0.1, 0.15) is 28.7 Å². The number of hydrogen-bond donors (Lipinski definition) is 3. The Kier molecular flexibility index (Phi) is 6.27. The molecule has 1 aliphatic carbocycles. The lowest BCUT2D eigenvalue weighted by Crippen LogP contribution is -2.26. The number of rotatable bonds is 6. The van der Waals surface area contributed by atoms with Crippen molar-refractivity contribution in [3.63, 3.8) is 0 Å². The number of nitrogens with two attached hydrogens (primary N) is 1. The molecule has 0 aliphatic heterocycles. The van der Waals surface area contributed by atoms with E-state index in [9.17, 15) is 0 Å². The Bertz CT molecular complexity index is 1910. The van der Waals surface area contributed by atoms with Crippen LogP contribution in [-0.4, -0.2) is 42.4 Å². The van der Waals surface area contributed by atoms with Gasteiger partial charge in [-0.05, 0) is 54.3 Å². The SMILES string of the molecule is CNC1CC=C(c2cnc(N)c3c(-c4ccc(Cc5nc6ccncc6[nH]5)c5ccccc45)nc(C(C)C)n23)CC1. The zero-order chi connectivity index (χ0) is 28.1. The molecule has 0 amide bonds. The van der Waals surface area contributed by atoms with Crippen LogP contribution in [0.4, 0.5) is 5.82 Å². The third-order valence-electron chi connectivity index (χ3n) is 8.34. The van der Waals surface area contributed by atoms with Gasteiger partial charge in [0.25, 0.3) is 0 Å². The van der Waals surface area contributed by atoms with Crippen LogP contribution >= 0.6 is 0 Å². The predicted octanol–water partition coefficient (Wildman–Crippen LogP) is 6.27. The number of H-pyrrole nitrogens is 1. The van der Waals surface area contributed by atoms with E-state index < -0.39 is 0 Å². The summed E-state index contributed by atoms with van der Waals surface area (Å²) in [6.07, 6.45) is 11.6. The van der Waals surface area contributed by atoms with Gasteiger partial charge in [-0.2, -0.15) is 0 Å². The van der Waals surface area contributed by atoms with E-state index in [0.717, 1.165) is 69.8 Å². The topological polar surface area (TPSA) is 110 Å². The second-order valence-electron chi connectivity index (χ2n) is 11.2. The number of aromatic amines is 1. The number of nitrogen functional groups attached to an aromatic ring is 1. The molecule has 6 aromatic rings. The van der Waals surface area contributed by atoms with Crippen molar-refractivity contribution in [1.82, 2.24) is 34.6 Å². The van der Waals surface area contributed by atoms with Gasteiger partial charge in [0.05, 0.1) is 29.1 Å².